The first-order valence-corrected chi connectivity index (χ1v) is 5.82. The van der Waals surface area contributed by atoms with Crippen molar-refractivity contribution < 1.29 is 4.21 Å². The summed E-state index contributed by atoms with van der Waals surface area (Å²) in [5.74, 6) is 0.780. The van der Waals surface area contributed by atoms with Gasteiger partial charge in [0.25, 0.3) is 0 Å². The summed E-state index contributed by atoms with van der Waals surface area (Å²) < 4.78 is 11.5. The van der Waals surface area contributed by atoms with Crippen LogP contribution in [0.1, 0.15) is 34.1 Å². The highest BCUT2D eigenvalue weighted by Gasteiger charge is 2.14. The Labute approximate surface area is 78.4 Å². The second-order valence-electron chi connectivity index (χ2n) is 4.44. The van der Waals surface area contributed by atoms with Crippen LogP contribution in [-0.2, 0) is 10.8 Å². The number of nitrogens with two attached hydrogens (primary N) is 1. The molecule has 74 valence electrons. The van der Waals surface area contributed by atoms with Crippen molar-refractivity contribution in [2.45, 2.75) is 39.4 Å². The van der Waals surface area contributed by atoms with Crippen LogP contribution in [0.4, 0.5) is 0 Å². The van der Waals surface area contributed by atoms with Crippen molar-refractivity contribution >= 4 is 10.8 Å². The lowest BCUT2D eigenvalue weighted by molar-refractivity contribution is 0.399. The first-order valence-electron chi connectivity index (χ1n) is 4.44. The molecule has 0 amide bonds. The molecule has 0 saturated carbocycles. The van der Waals surface area contributed by atoms with E-state index in [2.05, 4.69) is 20.8 Å². The van der Waals surface area contributed by atoms with Gasteiger partial charge in [-0.25, -0.2) is 0 Å². The van der Waals surface area contributed by atoms with Crippen molar-refractivity contribution in [2.24, 2.45) is 11.1 Å². The first kappa shape index (κ1) is 12.1. The van der Waals surface area contributed by atoms with E-state index in [0.29, 0.717) is 6.54 Å². The highest BCUT2D eigenvalue weighted by molar-refractivity contribution is 7.85. The average molecular weight is 191 g/mol. The van der Waals surface area contributed by atoms with Gasteiger partial charge in [-0.3, -0.25) is 4.21 Å². The van der Waals surface area contributed by atoms with Crippen LogP contribution < -0.4 is 5.73 Å². The van der Waals surface area contributed by atoms with E-state index in [4.69, 9.17) is 5.73 Å². The molecule has 2 nitrogen and oxygen atoms in total. The maximum atomic E-state index is 11.5. The van der Waals surface area contributed by atoms with Gasteiger partial charge in [0.1, 0.15) is 0 Å². The minimum Gasteiger partial charge on any atom is -0.329 e. The van der Waals surface area contributed by atoms with E-state index in [0.717, 1.165) is 12.2 Å². The Kier molecular flexibility index (Phi) is 5.02. The molecule has 0 rings (SSSR count). The molecule has 0 radical (unpaired) electrons. The Morgan fingerprint density at radius 2 is 1.92 bits per heavy atom. The van der Waals surface area contributed by atoms with Crippen LogP contribution in [0, 0.1) is 5.41 Å². The van der Waals surface area contributed by atoms with Gasteiger partial charge in [0.2, 0.25) is 0 Å². The summed E-state index contributed by atoms with van der Waals surface area (Å²) in [7, 11) is -0.736. The molecule has 0 aliphatic heterocycles. The number of hydrogen-bond donors (Lipinski definition) is 1. The summed E-state index contributed by atoms with van der Waals surface area (Å²) in [6, 6.07) is 0. The van der Waals surface area contributed by atoms with Gasteiger partial charge in [0.15, 0.2) is 0 Å². The molecule has 2 N–H and O–H groups in total. The van der Waals surface area contributed by atoms with Gasteiger partial charge in [-0.1, -0.05) is 20.8 Å². The first-order chi connectivity index (χ1) is 5.37. The predicted octanol–water partition coefficient (Wildman–Crippen LogP) is 1.52. The smallest absolute Gasteiger partial charge is 0.0442 e. The molecular weight excluding hydrogens is 170 g/mol. The molecule has 0 aliphatic carbocycles. The lowest BCUT2D eigenvalue weighted by Gasteiger charge is -2.18. The largest absolute Gasteiger partial charge is 0.329 e. The number of rotatable bonds is 4. The summed E-state index contributed by atoms with van der Waals surface area (Å²) in [5, 5.41) is 0.146. The summed E-state index contributed by atoms with van der Waals surface area (Å²) in [6.45, 7) is 8.96. The Balaban J connectivity index is 3.72. The van der Waals surface area contributed by atoms with Gasteiger partial charge in [-0.15, -0.1) is 0 Å². The van der Waals surface area contributed by atoms with Crippen molar-refractivity contribution in [3.8, 4) is 0 Å². The quantitative estimate of drug-likeness (QED) is 0.732. The van der Waals surface area contributed by atoms with Crippen LogP contribution in [0.15, 0.2) is 0 Å². The van der Waals surface area contributed by atoms with Crippen molar-refractivity contribution in [3.05, 3.63) is 0 Å². The van der Waals surface area contributed by atoms with Gasteiger partial charge >= 0.3 is 0 Å². The van der Waals surface area contributed by atoms with E-state index in [9.17, 15) is 4.21 Å². The highest BCUT2D eigenvalue weighted by Crippen LogP contribution is 2.19. The monoisotopic (exact) mass is 191 g/mol. The normalized spacial score (nSPS) is 17.4. The van der Waals surface area contributed by atoms with Crippen molar-refractivity contribution in [1.82, 2.24) is 0 Å². The molecule has 2 unspecified atom stereocenters. The minimum absolute atomic E-state index is 0.146. The molecule has 0 aromatic carbocycles. The third-order valence-corrected chi connectivity index (χ3v) is 3.53. The average Bonchev–Trinajstić information content (AvgIpc) is 1.97. The van der Waals surface area contributed by atoms with Gasteiger partial charge < -0.3 is 5.73 Å². The zero-order valence-electron chi connectivity index (χ0n) is 8.59. The van der Waals surface area contributed by atoms with E-state index in [1.165, 1.54) is 0 Å². The molecule has 0 aliphatic rings. The zero-order chi connectivity index (χ0) is 9.78. The van der Waals surface area contributed by atoms with Gasteiger partial charge in [0.05, 0.1) is 0 Å². The van der Waals surface area contributed by atoms with Crippen molar-refractivity contribution in [3.63, 3.8) is 0 Å². The third-order valence-electron chi connectivity index (χ3n) is 1.83. The molecule has 0 spiro atoms. The third kappa shape index (κ3) is 5.72. The standard InChI is InChI=1S/C9H21NOS/c1-8(7-10)12(11)6-5-9(2,3)4/h8H,5-7,10H2,1-4H3. The van der Waals surface area contributed by atoms with E-state index in [-0.39, 0.29) is 10.7 Å². The Hall–Kier alpha value is 0.110. The van der Waals surface area contributed by atoms with Crippen LogP contribution in [0.5, 0.6) is 0 Å². The maximum absolute atomic E-state index is 11.5. The summed E-state index contributed by atoms with van der Waals surface area (Å²) in [6.07, 6.45) is 1.00. The topological polar surface area (TPSA) is 43.1 Å². The van der Waals surface area contributed by atoms with E-state index in [1.807, 2.05) is 6.92 Å². The SMILES string of the molecule is CC(CN)S(=O)CCC(C)(C)C. The van der Waals surface area contributed by atoms with E-state index >= 15 is 0 Å². The van der Waals surface area contributed by atoms with Crippen LogP contribution >= 0.6 is 0 Å². The van der Waals surface area contributed by atoms with Crippen molar-refractivity contribution in [1.29, 1.82) is 0 Å². The predicted molar refractivity (Wildman–Crippen MR) is 55.6 cm³/mol. The molecule has 12 heavy (non-hydrogen) atoms. The second kappa shape index (κ2) is 4.97. The van der Waals surface area contributed by atoms with Gasteiger partial charge in [0, 0.05) is 28.3 Å². The lowest BCUT2D eigenvalue weighted by atomic mass is 9.94. The van der Waals surface area contributed by atoms with E-state index in [1.54, 1.807) is 0 Å². The van der Waals surface area contributed by atoms with E-state index < -0.39 is 10.8 Å². The maximum Gasteiger partial charge on any atom is 0.0442 e. The molecule has 2 atom stereocenters. The Morgan fingerprint density at radius 3 is 2.25 bits per heavy atom. The molecule has 0 bridgehead atoms. The Bertz CT molecular complexity index is 151. The molecule has 0 aromatic rings. The molecule has 0 heterocycles. The van der Waals surface area contributed by atoms with Crippen LogP contribution in [0.25, 0.3) is 0 Å². The van der Waals surface area contributed by atoms with Crippen LogP contribution in [0.3, 0.4) is 0 Å². The molecule has 0 fully saturated rings. The summed E-state index contributed by atoms with van der Waals surface area (Å²) in [5.41, 5.74) is 5.70. The molecule has 3 heteroatoms. The highest BCUT2D eigenvalue weighted by atomic mass is 32.2. The van der Waals surface area contributed by atoms with Gasteiger partial charge in [-0.2, -0.15) is 0 Å². The zero-order valence-corrected chi connectivity index (χ0v) is 9.41. The fourth-order valence-electron chi connectivity index (χ4n) is 0.715. The summed E-state index contributed by atoms with van der Waals surface area (Å²) >= 11 is 0. The van der Waals surface area contributed by atoms with Crippen LogP contribution in [0.2, 0.25) is 0 Å². The number of hydrogen-bond acceptors (Lipinski definition) is 2. The van der Waals surface area contributed by atoms with Crippen molar-refractivity contribution in [2.75, 3.05) is 12.3 Å². The fraction of sp³-hybridized carbons (Fsp3) is 1.00. The summed E-state index contributed by atoms with van der Waals surface area (Å²) in [4.78, 5) is 0. The van der Waals surface area contributed by atoms with Crippen LogP contribution in [-0.4, -0.2) is 21.8 Å². The lowest BCUT2D eigenvalue weighted by Crippen LogP contribution is -2.25. The molecule has 0 saturated heterocycles. The Morgan fingerprint density at radius 1 is 1.42 bits per heavy atom. The fourth-order valence-corrected chi connectivity index (χ4v) is 2.15. The second-order valence-corrected chi connectivity index (χ2v) is 6.42. The minimum atomic E-state index is -0.736. The van der Waals surface area contributed by atoms with Gasteiger partial charge in [-0.05, 0) is 18.8 Å². The molecular formula is C9H21NOS. The molecule has 0 aromatic heterocycles.